The quantitative estimate of drug-likeness (QED) is 0.779. The minimum atomic E-state index is -0.627. The highest BCUT2D eigenvalue weighted by Gasteiger charge is 2.10. The van der Waals surface area contributed by atoms with Crippen LogP contribution in [0.4, 0.5) is 4.39 Å². The van der Waals surface area contributed by atoms with E-state index in [0.717, 1.165) is 4.47 Å². The van der Waals surface area contributed by atoms with Crippen molar-refractivity contribution in [1.82, 2.24) is 0 Å². The maximum absolute atomic E-state index is 13.3. The fraction of sp³-hybridized carbons (Fsp3) is 0.200. The smallest absolute Gasteiger partial charge is 0.126 e. The van der Waals surface area contributed by atoms with Crippen molar-refractivity contribution in [3.63, 3.8) is 0 Å². The maximum atomic E-state index is 13.3. The molecule has 0 aliphatic rings. The molecule has 2 nitrogen and oxygen atoms in total. The van der Waals surface area contributed by atoms with Gasteiger partial charge in [-0.25, -0.2) is 4.39 Å². The first kappa shape index (κ1) is 15.5. The Hall–Kier alpha value is -0.910. The minimum absolute atomic E-state index is 0.229. The van der Waals surface area contributed by atoms with Gasteiger partial charge in [-0.15, -0.1) is 0 Å². The molecule has 2 aromatic rings. The number of hydrogen-bond acceptors (Lipinski definition) is 2. The Morgan fingerprint density at radius 3 is 2.55 bits per heavy atom. The molecule has 0 radical (unpaired) electrons. The van der Waals surface area contributed by atoms with Gasteiger partial charge in [0.15, 0.2) is 0 Å². The van der Waals surface area contributed by atoms with Crippen molar-refractivity contribution >= 4 is 31.9 Å². The summed E-state index contributed by atoms with van der Waals surface area (Å²) in [6, 6.07) is 10.0. The van der Waals surface area contributed by atoms with E-state index in [0.29, 0.717) is 21.3 Å². The summed E-state index contributed by atoms with van der Waals surface area (Å²) >= 11 is 6.61. The van der Waals surface area contributed by atoms with Crippen molar-refractivity contribution in [1.29, 1.82) is 0 Å². The van der Waals surface area contributed by atoms with Crippen LogP contribution in [0.15, 0.2) is 45.3 Å². The van der Waals surface area contributed by atoms with Crippen molar-refractivity contribution in [2.75, 3.05) is 0 Å². The molecule has 106 valence electrons. The Morgan fingerprint density at radius 1 is 1.15 bits per heavy atom. The number of aliphatic hydroxyl groups is 1. The van der Waals surface area contributed by atoms with Crippen molar-refractivity contribution in [2.45, 2.75) is 19.6 Å². The van der Waals surface area contributed by atoms with E-state index >= 15 is 0 Å². The van der Waals surface area contributed by atoms with E-state index in [1.807, 2.05) is 6.07 Å². The molecule has 20 heavy (non-hydrogen) atoms. The van der Waals surface area contributed by atoms with Crippen LogP contribution in [0.5, 0.6) is 5.75 Å². The van der Waals surface area contributed by atoms with Crippen LogP contribution in [0.25, 0.3) is 0 Å². The van der Waals surface area contributed by atoms with Gasteiger partial charge < -0.3 is 9.84 Å². The van der Waals surface area contributed by atoms with Gasteiger partial charge in [0.05, 0.1) is 6.10 Å². The molecule has 5 heteroatoms. The van der Waals surface area contributed by atoms with E-state index in [4.69, 9.17) is 4.74 Å². The van der Waals surface area contributed by atoms with Gasteiger partial charge in [-0.05, 0) is 42.8 Å². The Kier molecular flexibility index (Phi) is 5.18. The predicted octanol–water partition coefficient (Wildman–Crippen LogP) is 4.98. The summed E-state index contributed by atoms with van der Waals surface area (Å²) in [5.74, 6) is 0.262. The Bertz CT molecular complexity index is 595. The second-order valence-electron chi connectivity index (χ2n) is 4.42. The molecule has 0 aliphatic carbocycles. The summed E-state index contributed by atoms with van der Waals surface area (Å²) < 4.78 is 20.5. The van der Waals surface area contributed by atoms with Crippen LogP contribution in [-0.4, -0.2) is 5.11 Å². The lowest BCUT2D eigenvalue weighted by Gasteiger charge is -2.14. The van der Waals surface area contributed by atoms with Gasteiger partial charge in [0, 0.05) is 14.5 Å². The van der Waals surface area contributed by atoms with Crippen molar-refractivity contribution < 1.29 is 14.2 Å². The number of benzene rings is 2. The molecule has 1 N–H and O–H groups in total. The molecular weight excluding hydrogens is 391 g/mol. The molecule has 0 spiro atoms. The zero-order valence-electron chi connectivity index (χ0n) is 10.7. The van der Waals surface area contributed by atoms with E-state index < -0.39 is 6.10 Å². The van der Waals surface area contributed by atoms with Crippen LogP contribution in [0.2, 0.25) is 0 Å². The normalized spacial score (nSPS) is 12.2. The molecule has 0 saturated heterocycles. The van der Waals surface area contributed by atoms with Gasteiger partial charge in [-0.1, -0.05) is 37.9 Å². The van der Waals surface area contributed by atoms with Gasteiger partial charge >= 0.3 is 0 Å². The molecule has 0 unspecified atom stereocenters. The zero-order chi connectivity index (χ0) is 14.7. The van der Waals surface area contributed by atoms with Crippen molar-refractivity contribution in [3.8, 4) is 5.75 Å². The number of halogens is 3. The van der Waals surface area contributed by atoms with Crippen LogP contribution in [0.1, 0.15) is 24.2 Å². The largest absolute Gasteiger partial charge is 0.488 e. The summed E-state index contributed by atoms with van der Waals surface area (Å²) in [6.45, 7) is 1.90. The Morgan fingerprint density at radius 2 is 1.90 bits per heavy atom. The molecule has 0 aliphatic heterocycles. The number of rotatable bonds is 4. The second-order valence-corrected chi connectivity index (χ2v) is 6.26. The topological polar surface area (TPSA) is 29.5 Å². The minimum Gasteiger partial charge on any atom is -0.488 e. The lowest BCUT2D eigenvalue weighted by atomic mass is 10.1. The summed E-state index contributed by atoms with van der Waals surface area (Å²) in [7, 11) is 0. The molecule has 0 bridgehead atoms. The molecule has 0 heterocycles. The van der Waals surface area contributed by atoms with E-state index in [1.54, 1.807) is 25.1 Å². The third-order valence-electron chi connectivity index (χ3n) is 2.74. The fourth-order valence-corrected chi connectivity index (χ4v) is 2.69. The van der Waals surface area contributed by atoms with E-state index in [1.165, 1.54) is 12.1 Å². The highest BCUT2D eigenvalue weighted by atomic mass is 79.9. The first-order chi connectivity index (χ1) is 9.45. The molecule has 0 fully saturated rings. The first-order valence-electron chi connectivity index (χ1n) is 6.01. The SMILES string of the molecule is C[C@H](O)c1ccc(Br)cc1OCc1cc(F)cc(Br)c1. The molecule has 0 aromatic heterocycles. The van der Waals surface area contributed by atoms with E-state index in [2.05, 4.69) is 31.9 Å². The highest BCUT2D eigenvalue weighted by Crippen LogP contribution is 2.29. The number of aliphatic hydroxyl groups excluding tert-OH is 1. The fourth-order valence-electron chi connectivity index (χ4n) is 1.83. The van der Waals surface area contributed by atoms with Gasteiger partial charge in [-0.2, -0.15) is 0 Å². The summed E-state index contributed by atoms with van der Waals surface area (Å²) in [5.41, 5.74) is 1.41. The third-order valence-corrected chi connectivity index (χ3v) is 3.69. The molecule has 0 amide bonds. The highest BCUT2D eigenvalue weighted by molar-refractivity contribution is 9.10. The number of hydrogen-bond donors (Lipinski definition) is 1. The molecular formula is C15H13Br2FO2. The first-order valence-corrected chi connectivity index (χ1v) is 7.59. The lowest BCUT2D eigenvalue weighted by molar-refractivity contribution is 0.190. The standard InChI is InChI=1S/C15H13Br2FO2/c1-9(19)14-3-2-11(16)7-15(14)20-8-10-4-12(17)6-13(18)5-10/h2-7,9,19H,8H2,1H3/t9-/m0/s1. The third kappa shape index (κ3) is 4.04. The number of ether oxygens (including phenoxy) is 1. The van der Waals surface area contributed by atoms with Crippen LogP contribution in [0, 0.1) is 5.82 Å². The van der Waals surface area contributed by atoms with Crippen LogP contribution in [-0.2, 0) is 6.61 Å². The van der Waals surface area contributed by atoms with Crippen molar-refractivity contribution in [2.24, 2.45) is 0 Å². The molecule has 2 rings (SSSR count). The lowest BCUT2D eigenvalue weighted by Crippen LogP contribution is -2.01. The Labute approximate surface area is 133 Å². The molecule has 2 aromatic carbocycles. The van der Waals surface area contributed by atoms with Gasteiger partial charge in [-0.3, -0.25) is 0 Å². The van der Waals surface area contributed by atoms with Crippen LogP contribution in [0.3, 0.4) is 0 Å². The van der Waals surface area contributed by atoms with Gasteiger partial charge in [0.25, 0.3) is 0 Å². The van der Waals surface area contributed by atoms with E-state index in [-0.39, 0.29) is 12.4 Å². The Balaban J connectivity index is 2.20. The predicted molar refractivity (Wildman–Crippen MR) is 83.2 cm³/mol. The van der Waals surface area contributed by atoms with E-state index in [9.17, 15) is 9.50 Å². The summed E-state index contributed by atoms with van der Waals surface area (Å²) in [4.78, 5) is 0. The van der Waals surface area contributed by atoms with Crippen LogP contribution >= 0.6 is 31.9 Å². The average molecular weight is 404 g/mol. The molecule has 0 saturated carbocycles. The molecule has 1 atom stereocenters. The van der Waals surface area contributed by atoms with Gasteiger partial charge in [0.2, 0.25) is 0 Å². The monoisotopic (exact) mass is 402 g/mol. The summed E-state index contributed by atoms with van der Waals surface area (Å²) in [5, 5.41) is 9.72. The average Bonchev–Trinajstić information content (AvgIpc) is 2.35. The van der Waals surface area contributed by atoms with Crippen molar-refractivity contribution in [3.05, 3.63) is 62.3 Å². The zero-order valence-corrected chi connectivity index (χ0v) is 13.9. The maximum Gasteiger partial charge on any atom is 0.126 e. The van der Waals surface area contributed by atoms with Crippen LogP contribution < -0.4 is 4.74 Å². The second kappa shape index (κ2) is 6.70. The summed E-state index contributed by atoms with van der Waals surface area (Å²) in [6.07, 6.45) is -0.627. The van der Waals surface area contributed by atoms with Gasteiger partial charge in [0.1, 0.15) is 18.2 Å².